The fourth-order valence-corrected chi connectivity index (χ4v) is 2.90. The zero-order valence-corrected chi connectivity index (χ0v) is 15.6. The maximum absolute atomic E-state index is 12.0. The fraction of sp³-hybridized carbons (Fsp3) is 0.526. The van der Waals surface area contributed by atoms with Crippen LogP contribution in [0.5, 0.6) is 5.88 Å². The second-order valence-corrected chi connectivity index (χ2v) is 6.51. The van der Waals surface area contributed by atoms with Crippen molar-refractivity contribution in [1.82, 2.24) is 14.8 Å². The van der Waals surface area contributed by atoms with Crippen LogP contribution in [0.3, 0.4) is 0 Å². The summed E-state index contributed by atoms with van der Waals surface area (Å²) >= 11 is 0. The molecule has 0 bridgehead atoms. The number of unbranched alkanes of at least 4 members (excludes halogenated alkanes) is 1. The topological polar surface area (TPSA) is 89.4 Å². The molecule has 1 aliphatic rings. The van der Waals surface area contributed by atoms with Gasteiger partial charge in [-0.3, -0.25) is 9.78 Å². The quantitative estimate of drug-likeness (QED) is 0.698. The lowest BCUT2D eigenvalue weighted by Crippen LogP contribution is -2.36. The van der Waals surface area contributed by atoms with Crippen molar-refractivity contribution < 1.29 is 9.47 Å². The van der Waals surface area contributed by atoms with Gasteiger partial charge < -0.3 is 14.4 Å². The molecule has 8 heteroatoms. The van der Waals surface area contributed by atoms with Gasteiger partial charge in [0.15, 0.2) is 0 Å². The molecule has 1 aromatic heterocycles. The maximum atomic E-state index is 12.0. The normalized spacial score (nSPS) is 14.3. The predicted octanol–water partition coefficient (Wildman–Crippen LogP) is 1.19. The molecular weight excluding hydrogens is 348 g/mol. The van der Waals surface area contributed by atoms with Gasteiger partial charge in [-0.05, 0) is 30.5 Å². The van der Waals surface area contributed by atoms with Crippen molar-refractivity contribution in [3.8, 4) is 5.88 Å². The first-order chi connectivity index (χ1) is 13.2. The number of ether oxygens (including phenoxy) is 2. The molecule has 0 atom stereocenters. The van der Waals surface area contributed by atoms with Gasteiger partial charge in [0.2, 0.25) is 0 Å². The highest BCUT2D eigenvalue weighted by molar-refractivity contribution is 5.47. The van der Waals surface area contributed by atoms with Crippen molar-refractivity contribution in [1.29, 1.82) is 0 Å². The third-order valence-electron chi connectivity index (χ3n) is 4.52. The molecule has 1 N–H and O–H groups in total. The number of nitrogens with one attached hydrogen (secondary N) is 1. The molecule has 0 amide bonds. The van der Waals surface area contributed by atoms with E-state index in [0.29, 0.717) is 19.6 Å². The summed E-state index contributed by atoms with van der Waals surface area (Å²) in [6.07, 6.45) is 2.42. The molecule has 0 aliphatic carbocycles. The Morgan fingerprint density at radius 2 is 1.93 bits per heavy atom. The van der Waals surface area contributed by atoms with Crippen molar-refractivity contribution in [3.63, 3.8) is 0 Å². The summed E-state index contributed by atoms with van der Waals surface area (Å²) < 4.78 is 12.0. The van der Waals surface area contributed by atoms with E-state index in [2.05, 4.69) is 39.2 Å². The van der Waals surface area contributed by atoms with Crippen LogP contribution in [0, 0.1) is 0 Å². The van der Waals surface area contributed by atoms with Gasteiger partial charge in [0.25, 0.3) is 5.88 Å². The van der Waals surface area contributed by atoms with E-state index in [0.717, 1.165) is 44.7 Å². The van der Waals surface area contributed by atoms with Crippen LogP contribution in [0.15, 0.2) is 33.9 Å². The van der Waals surface area contributed by atoms with Crippen LogP contribution < -0.4 is 20.9 Å². The predicted molar refractivity (Wildman–Crippen MR) is 103 cm³/mol. The Morgan fingerprint density at radius 3 is 2.63 bits per heavy atom. The SMILES string of the molecule is CCCCOc1nn(CCc2ccc(N3CCOCC3)cc2)c(=O)[nH]c1=O. The number of anilines is 1. The molecule has 1 aliphatic heterocycles. The minimum absolute atomic E-state index is 0.0503. The largest absolute Gasteiger partial charge is 0.473 e. The number of aromatic amines is 1. The summed E-state index contributed by atoms with van der Waals surface area (Å²) in [5.74, 6) is -0.0503. The molecule has 0 radical (unpaired) electrons. The number of benzene rings is 1. The number of hydrogen-bond donors (Lipinski definition) is 1. The molecule has 0 saturated carbocycles. The van der Waals surface area contributed by atoms with Crippen molar-refractivity contribution in [3.05, 3.63) is 50.7 Å². The van der Waals surface area contributed by atoms with Crippen molar-refractivity contribution in [2.45, 2.75) is 32.7 Å². The Morgan fingerprint density at radius 1 is 1.19 bits per heavy atom. The van der Waals surface area contributed by atoms with Crippen molar-refractivity contribution >= 4 is 5.69 Å². The van der Waals surface area contributed by atoms with E-state index in [1.807, 2.05) is 6.92 Å². The molecule has 146 valence electrons. The van der Waals surface area contributed by atoms with Crippen LogP contribution in [-0.4, -0.2) is 47.7 Å². The summed E-state index contributed by atoms with van der Waals surface area (Å²) in [4.78, 5) is 28.3. The summed E-state index contributed by atoms with van der Waals surface area (Å²) in [7, 11) is 0. The van der Waals surface area contributed by atoms with Crippen molar-refractivity contribution in [2.75, 3.05) is 37.8 Å². The summed E-state index contributed by atoms with van der Waals surface area (Å²) in [5.41, 5.74) is 1.17. The van der Waals surface area contributed by atoms with Gasteiger partial charge in [0.05, 0.1) is 26.4 Å². The lowest BCUT2D eigenvalue weighted by atomic mass is 10.1. The van der Waals surface area contributed by atoms with E-state index < -0.39 is 11.2 Å². The third kappa shape index (κ3) is 5.19. The van der Waals surface area contributed by atoms with Crippen molar-refractivity contribution in [2.24, 2.45) is 0 Å². The molecule has 1 fully saturated rings. The van der Waals surface area contributed by atoms with Crippen LogP contribution in [0.4, 0.5) is 5.69 Å². The maximum Gasteiger partial charge on any atom is 0.344 e. The lowest BCUT2D eigenvalue weighted by molar-refractivity contribution is 0.122. The Labute approximate surface area is 157 Å². The number of rotatable bonds is 8. The first-order valence-electron chi connectivity index (χ1n) is 9.43. The molecule has 3 rings (SSSR count). The van der Waals surface area contributed by atoms with Gasteiger partial charge in [-0.25, -0.2) is 9.48 Å². The molecule has 0 spiro atoms. The molecule has 2 aromatic rings. The molecule has 1 aromatic carbocycles. The van der Waals surface area contributed by atoms with Crippen LogP contribution in [-0.2, 0) is 17.7 Å². The number of morpholine rings is 1. The van der Waals surface area contributed by atoms with Crippen LogP contribution in [0.25, 0.3) is 0 Å². The Balaban J connectivity index is 1.62. The number of aryl methyl sites for hydroxylation is 2. The highest BCUT2D eigenvalue weighted by atomic mass is 16.5. The van der Waals surface area contributed by atoms with E-state index >= 15 is 0 Å². The minimum Gasteiger partial charge on any atom is -0.473 e. The van der Waals surface area contributed by atoms with Gasteiger partial charge in [-0.2, -0.15) is 0 Å². The van der Waals surface area contributed by atoms with Gasteiger partial charge in [-0.15, -0.1) is 5.10 Å². The minimum atomic E-state index is -0.581. The Hall–Kier alpha value is -2.61. The lowest BCUT2D eigenvalue weighted by Gasteiger charge is -2.28. The number of hydrogen-bond acceptors (Lipinski definition) is 6. The van der Waals surface area contributed by atoms with Crippen LogP contribution in [0.2, 0.25) is 0 Å². The standard InChI is InChI=1S/C19H26N4O4/c1-2-3-12-27-18-17(24)20-19(25)23(21-18)9-8-15-4-6-16(7-5-15)22-10-13-26-14-11-22/h4-7H,2-3,8-14H2,1H3,(H,20,24,25). The average molecular weight is 374 g/mol. The molecule has 27 heavy (non-hydrogen) atoms. The monoisotopic (exact) mass is 374 g/mol. The third-order valence-corrected chi connectivity index (χ3v) is 4.52. The number of aromatic nitrogens is 3. The van der Waals surface area contributed by atoms with Gasteiger partial charge in [0, 0.05) is 18.8 Å². The molecule has 2 heterocycles. The van der Waals surface area contributed by atoms with Crippen LogP contribution >= 0.6 is 0 Å². The van der Waals surface area contributed by atoms with E-state index in [4.69, 9.17) is 9.47 Å². The highest BCUT2D eigenvalue weighted by Crippen LogP contribution is 2.17. The molecule has 1 saturated heterocycles. The van der Waals surface area contributed by atoms with E-state index in [9.17, 15) is 9.59 Å². The number of nitrogens with zero attached hydrogens (tertiary/aromatic N) is 3. The second kappa shape index (κ2) is 9.36. The van der Waals surface area contributed by atoms with E-state index in [1.54, 1.807) is 0 Å². The second-order valence-electron chi connectivity index (χ2n) is 6.51. The molecule has 8 nitrogen and oxygen atoms in total. The highest BCUT2D eigenvalue weighted by Gasteiger charge is 2.11. The Bertz CT molecular complexity index is 838. The van der Waals surface area contributed by atoms with Crippen LogP contribution in [0.1, 0.15) is 25.3 Å². The Kier molecular flexibility index (Phi) is 6.64. The summed E-state index contributed by atoms with van der Waals surface area (Å²) in [6.45, 7) is 6.13. The first kappa shape index (κ1) is 19.2. The molecule has 0 unspecified atom stereocenters. The summed E-state index contributed by atoms with van der Waals surface area (Å²) in [6, 6.07) is 8.28. The van der Waals surface area contributed by atoms with Gasteiger partial charge in [0.1, 0.15) is 0 Å². The molecular formula is C19H26N4O4. The zero-order chi connectivity index (χ0) is 19.1. The summed E-state index contributed by atoms with van der Waals surface area (Å²) in [5, 5.41) is 4.07. The van der Waals surface area contributed by atoms with Gasteiger partial charge in [-0.1, -0.05) is 25.5 Å². The fourth-order valence-electron chi connectivity index (χ4n) is 2.90. The van der Waals surface area contributed by atoms with E-state index in [1.165, 1.54) is 10.4 Å². The van der Waals surface area contributed by atoms with Gasteiger partial charge >= 0.3 is 11.2 Å². The van der Waals surface area contributed by atoms with E-state index in [-0.39, 0.29) is 5.88 Å². The average Bonchev–Trinajstić information content (AvgIpc) is 2.70. The zero-order valence-electron chi connectivity index (χ0n) is 15.6. The first-order valence-corrected chi connectivity index (χ1v) is 9.43. The smallest absolute Gasteiger partial charge is 0.344 e. The number of H-pyrrole nitrogens is 1.